The lowest BCUT2D eigenvalue weighted by Gasteiger charge is -2.27. The number of rotatable bonds is 5. The number of nitrogens with zero attached hydrogens (tertiary/aromatic N) is 1. The Kier molecular flexibility index (Phi) is 5.56. The predicted molar refractivity (Wildman–Crippen MR) is 162 cm³/mol. The molecule has 0 saturated carbocycles. The maximum Gasteiger partial charge on any atom is 0.0462 e. The van der Waals surface area contributed by atoms with Crippen molar-refractivity contribution in [3.63, 3.8) is 0 Å². The third-order valence-electron chi connectivity index (χ3n) is 7.88. The molecule has 2 aliphatic carbocycles. The van der Waals surface area contributed by atoms with E-state index in [0.717, 1.165) is 23.5 Å². The van der Waals surface area contributed by atoms with Crippen molar-refractivity contribution < 1.29 is 0 Å². The second-order valence-electron chi connectivity index (χ2n) is 10.2. The summed E-state index contributed by atoms with van der Waals surface area (Å²) in [5, 5.41) is 2.78. The lowest BCUT2D eigenvalue weighted by atomic mass is 9.77. The van der Waals surface area contributed by atoms with Crippen molar-refractivity contribution in [1.29, 1.82) is 0 Å². The van der Waals surface area contributed by atoms with Crippen molar-refractivity contribution in [1.82, 2.24) is 0 Å². The van der Waals surface area contributed by atoms with E-state index < -0.39 is 0 Å². The highest BCUT2D eigenvalue weighted by Gasteiger charge is 2.23. The first-order valence-electron chi connectivity index (χ1n) is 13.4. The van der Waals surface area contributed by atoms with Crippen LogP contribution >= 0.6 is 0 Å². The molecule has 0 amide bonds. The molecule has 0 N–H and O–H groups in total. The maximum absolute atomic E-state index is 2.42. The molecule has 1 atom stereocenters. The largest absolute Gasteiger partial charge is 0.311 e. The number of benzene rings is 5. The highest BCUT2D eigenvalue weighted by Crippen LogP contribution is 2.43. The third-order valence-corrected chi connectivity index (χ3v) is 7.88. The van der Waals surface area contributed by atoms with E-state index in [1.807, 2.05) is 0 Å². The summed E-state index contributed by atoms with van der Waals surface area (Å²) in [6, 6.07) is 41.4. The zero-order valence-electron chi connectivity index (χ0n) is 21.5. The Morgan fingerprint density at radius 2 is 1.39 bits per heavy atom. The Morgan fingerprint density at radius 1 is 0.711 bits per heavy atom. The van der Waals surface area contributed by atoms with E-state index >= 15 is 0 Å². The van der Waals surface area contributed by atoms with E-state index in [1.165, 1.54) is 44.2 Å². The minimum atomic E-state index is 0.266. The van der Waals surface area contributed by atoms with E-state index in [2.05, 4.69) is 151 Å². The van der Waals surface area contributed by atoms with Crippen molar-refractivity contribution in [2.75, 3.05) is 4.90 Å². The fraction of sp³-hybridized carbons (Fsp3) is 0.0811. The topological polar surface area (TPSA) is 3.24 Å². The van der Waals surface area contributed by atoms with Gasteiger partial charge in [-0.25, -0.2) is 0 Å². The molecule has 2 aliphatic rings. The van der Waals surface area contributed by atoms with Gasteiger partial charge >= 0.3 is 0 Å². The number of hydrogen-bond donors (Lipinski definition) is 0. The summed E-state index contributed by atoms with van der Waals surface area (Å²) < 4.78 is 0. The minimum absolute atomic E-state index is 0.266. The van der Waals surface area contributed by atoms with Gasteiger partial charge < -0.3 is 4.90 Å². The predicted octanol–water partition coefficient (Wildman–Crippen LogP) is 10.0. The van der Waals surface area contributed by atoms with Crippen LogP contribution in [-0.2, 0) is 6.42 Å². The molecule has 1 nitrogen and oxygen atoms in total. The first-order valence-corrected chi connectivity index (χ1v) is 13.4. The molecule has 38 heavy (non-hydrogen) atoms. The van der Waals surface area contributed by atoms with E-state index in [4.69, 9.17) is 0 Å². The first kappa shape index (κ1) is 22.6. The van der Waals surface area contributed by atoms with Gasteiger partial charge in [0.1, 0.15) is 0 Å². The molecule has 0 saturated heterocycles. The molecule has 5 aromatic carbocycles. The van der Waals surface area contributed by atoms with E-state index in [9.17, 15) is 0 Å². The van der Waals surface area contributed by atoms with Crippen LogP contribution in [0.25, 0.3) is 21.9 Å². The van der Waals surface area contributed by atoms with Crippen LogP contribution < -0.4 is 4.90 Å². The Labute approximate surface area is 224 Å². The lowest BCUT2D eigenvalue weighted by molar-refractivity contribution is 1.06. The van der Waals surface area contributed by atoms with Gasteiger partial charge in [0.15, 0.2) is 0 Å². The molecular formula is C37H29N. The summed E-state index contributed by atoms with van der Waals surface area (Å²) in [6.07, 6.45) is 10.5. The molecule has 0 heterocycles. The monoisotopic (exact) mass is 487 g/mol. The van der Waals surface area contributed by atoms with Gasteiger partial charge in [0.2, 0.25) is 0 Å². The Balaban J connectivity index is 1.23. The van der Waals surface area contributed by atoms with E-state index in [0.29, 0.717) is 0 Å². The van der Waals surface area contributed by atoms with Crippen molar-refractivity contribution >= 4 is 39.0 Å². The fourth-order valence-corrected chi connectivity index (χ4v) is 6.00. The van der Waals surface area contributed by atoms with Gasteiger partial charge in [-0.05, 0) is 93.9 Å². The molecule has 0 radical (unpaired) electrons. The molecular weight excluding hydrogens is 458 g/mol. The van der Waals surface area contributed by atoms with E-state index in [1.54, 1.807) is 0 Å². The van der Waals surface area contributed by atoms with Gasteiger partial charge in [0.05, 0.1) is 0 Å². The van der Waals surface area contributed by atoms with Gasteiger partial charge in [0.25, 0.3) is 0 Å². The van der Waals surface area contributed by atoms with Gasteiger partial charge in [-0.1, -0.05) is 103 Å². The Hall–Kier alpha value is -4.62. The van der Waals surface area contributed by atoms with Crippen LogP contribution in [0.4, 0.5) is 17.1 Å². The van der Waals surface area contributed by atoms with Gasteiger partial charge in [-0.15, -0.1) is 0 Å². The fourth-order valence-electron chi connectivity index (χ4n) is 6.00. The number of anilines is 3. The van der Waals surface area contributed by atoms with Crippen molar-refractivity contribution in [2.45, 2.75) is 19.3 Å². The maximum atomic E-state index is 2.42. The first-order chi connectivity index (χ1) is 18.8. The molecule has 0 spiro atoms. The molecule has 7 rings (SSSR count). The Bertz CT molecular complexity index is 1680. The van der Waals surface area contributed by atoms with Crippen LogP contribution in [0.3, 0.4) is 0 Å². The second kappa shape index (κ2) is 9.36. The summed E-state index contributed by atoms with van der Waals surface area (Å²) in [5.74, 6) is 0.266. The molecule has 182 valence electrons. The summed E-state index contributed by atoms with van der Waals surface area (Å²) >= 11 is 0. The molecule has 5 aromatic rings. The normalized spacial score (nSPS) is 15.9. The zero-order valence-corrected chi connectivity index (χ0v) is 21.5. The number of para-hydroxylation sites is 2. The molecule has 1 heteroatoms. The molecule has 0 fully saturated rings. The smallest absolute Gasteiger partial charge is 0.0462 e. The highest BCUT2D eigenvalue weighted by atomic mass is 15.1. The van der Waals surface area contributed by atoms with Crippen molar-refractivity contribution in [3.05, 3.63) is 162 Å². The average Bonchev–Trinajstić information content (AvgIpc) is 2.98. The van der Waals surface area contributed by atoms with Crippen LogP contribution in [0.1, 0.15) is 35.1 Å². The molecule has 1 unspecified atom stereocenters. The number of allylic oxidation sites excluding steroid dienone is 6. The summed E-state index contributed by atoms with van der Waals surface area (Å²) in [4.78, 5) is 2.30. The summed E-state index contributed by atoms with van der Waals surface area (Å²) in [7, 11) is 0. The van der Waals surface area contributed by atoms with Crippen molar-refractivity contribution in [3.8, 4) is 0 Å². The SMILES string of the molecule is CC(=CC1C=CC2=CCc3cccc4ccc1c2c34)c1ccc(N(c2ccccc2)c2ccccc2)cc1. The number of hydrogen-bond acceptors (Lipinski definition) is 1. The van der Waals surface area contributed by atoms with Gasteiger partial charge in [0, 0.05) is 23.0 Å². The van der Waals surface area contributed by atoms with Crippen LogP contribution in [0.2, 0.25) is 0 Å². The third kappa shape index (κ3) is 3.88. The van der Waals surface area contributed by atoms with Crippen LogP contribution in [0.5, 0.6) is 0 Å². The van der Waals surface area contributed by atoms with Crippen molar-refractivity contribution in [2.24, 2.45) is 0 Å². The lowest BCUT2D eigenvalue weighted by Crippen LogP contribution is -2.09. The van der Waals surface area contributed by atoms with Crippen LogP contribution in [-0.4, -0.2) is 0 Å². The molecule has 0 aliphatic heterocycles. The molecule has 0 aromatic heterocycles. The van der Waals surface area contributed by atoms with Crippen LogP contribution in [0.15, 0.2) is 140 Å². The van der Waals surface area contributed by atoms with E-state index in [-0.39, 0.29) is 5.92 Å². The zero-order chi connectivity index (χ0) is 25.5. The summed E-state index contributed by atoms with van der Waals surface area (Å²) in [5.41, 5.74) is 11.6. The minimum Gasteiger partial charge on any atom is -0.311 e. The quantitative estimate of drug-likeness (QED) is 0.238. The standard InChI is InChI=1S/C37H29N/c1-26(25-31-18-17-30-16-15-28-9-8-10-29-21-24-35(31)37(30)36(28)29)27-19-22-34(23-20-27)38(32-11-4-2-5-12-32)33-13-6-3-7-14-33/h2-14,16-25,31H,15H2,1H3. The van der Waals surface area contributed by atoms with Gasteiger partial charge in [-0.2, -0.15) is 0 Å². The average molecular weight is 488 g/mol. The molecule has 0 bridgehead atoms. The van der Waals surface area contributed by atoms with Crippen LogP contribution in [0, 0.1) is 0 Å². The summed E-state index contributed by atoms with van der Waals surface area (Å²) in [6.45, 7) is 2.23. The Morgan fingerprint density at radius 3 is 2.11 bits per heavy atom. The highest BCUT2D eigenvalue weighted by molar-refractivity contribution is 6.02. The second-order valence-corrected chi connectivity index (χ2v) is 10.2. The van der Waals surface area contributed by atoms with Gasteiger partial charge in [-0.3, -0.25) is 0 Å².